The van der Waals surface area contributed by atoms with Crippen LogP contribution in [0.2, 0.25) is 0 Å². The maximum atomic E-state index is 10.5. The van der Waals surface area contributed by atoms with E-state index in [2.05, 4.69) is 0 Å². The van der Waals surface area contributed by atoms with Gasteiger partial charge in [-0.25, -0.2) is 8.42 Å². The maximum Gasteiger partial charge on any atom is 0.116 e. The lowest BCUT2D eigenvalue weighted by Crippen LogP contribution is -2.52. The van der Waals surface area contributed by atoms with Crippen molar-refractivity contribution in [2.75, 3.05) is 31.9 Å². The Morgan fingerprint density at radius 1 is 1.20 bits per heavy atom. The summed E-state index contributed by atoms with van der Waals surface area (Å²) in [4.78, 5) is 0. The van der Waals surface area contributed by atoms with Crippen molar-refractivity contribution in [2.45, 2.75) is 26.9 Å². The Morgan fingerprint density at radius 3 is 1.87 bits per heavy atom. The molecule has 0 aromatic carbocycles. The molecule has 0 aliphatic rings. The summed E-state index contributed by atoms with van der Waals surface area (Å²) >= 11 is 0. The van der Waals surface area contributed by atoms with E-state index in [4.69, 9.17) is 0 Å². The molecule has 0 aromatic rings. The summed E-state index contributed by atoms with van der Waals surface area (Å²) in [5.74, 6) is -0.688. The van der Waals surface area contributed by atoms with Crippen molar-refractivity contribution in [3.8, 4) is 0 Å². The van der Waals surface area contributed by atoms with Crippen LogP contribution in [0.1, 0.15) is 20.8 Å². The average molecular weight is 239 g/mol. The molecule has 0 radical (unpaired) electrons. The summed E-state index contributed by atoms with van der Waals surface area (Å²) in [6.45, 7) is 8.77. The average Bonchev–Trinajstić information content (AvgIpc) is 2.11. The number of aliphatic hydroxyl groups is 1. The number of hydrogen-bond acceptors (Lipinski definition) is 4. The molecule has 0 amide bonds. The highest BCUT2D eigenvalue weighted by Gasteiger charge is 2.25. The van der Waals surface area contributed by atoms with Crippen molar-refractivity contribution < 1.29 is 22.6 Å². The monoisotopic (exact) mass is 239 g/mol. The molecule has 15 heavy (non-hydrogen) atoms. The predicted octanol–water partition coefficient (Wildman–Crippen LogP) is -0.231. The second-order valence-electron chi connectivity index (χ2n) is 3.85. The first-order valence-electron chi connectivity index (χ1n) is 5.25. The van der Waals surface area contributed by atoms with Crippen LogP contribution < -0.4 is 0 Å². The zero-order valence-electron chi connectivity index (χ0n) is 9.64. The smallest absolute Gasteiger partial charge is 0.116 e. The minimum atomic E-state index is -4.33. The molecule has 1 N–H and O–H groups in total. The van der Waals surface area contributed by atoms with Crippen LogP contribution in [0.4, 0.5) is 0 Å². The van der Waals surface area contributed by atoms with Gasteiger partial charge in [-0.3, -0.25) is 0 Å². The Kier molecular flexibility index (Phi) is 5.72. The van der Waals surface area contributed by atoms with Crippen molar-refractivity contribution in [1.29, 1.82) is 0 Å². The van der Waals surface area contributed by atoms with Crippen LogP contribution >= 0.6 is 0 Å². The lowest BCUT2D eigenvalue weighted by molar-refractivity contribution is -0.925. The van der Waals surface area contributed by atoms with Crippen molar-refractivity contribution in [3.63, 3.8) is 0 Å². The molecule has 0 aromatic heterocycles. The van der Waals surface area contributed by atoms with Gasteiger partial charge in [0.2, 0.25) is 0 Å². The van der Waals surface area contributed by atoms with Crippen LogP contribution in [0.25, 0.3) is 0 Å². The van der Waals surface area contributed by atoms with E-state index in [-0.39, 0.29) is 0 Å². The van der Waals surface area contributed by atoms with Crippen LogP contribution in [-0.2, 0) is 10.1 Å². The number of aliphatic hydroxyl groups excluding tert-OH is 1. The Balaban J connectivity index is 4.42. The molecule has 1 atom stereocenters. The fraction of sp³-hybridized carbons (Fsp3) is 1.00. The molecule has 0 aliphatic heterocycles. The quantitative estimate of drug-likeness (QED) is 0.492. The maximum absolute atomic E-state index is 10.5. The van der Waals surface area contributed by atoms with E-state index in [0.29, 0.717) is 11.0 Å². The predicted molar refractivity (Wildman–Crippen MR) is 57.3 cm³/mol. The van der Waals surface area contributed by atoms with Crippen LogP contribution in [-0.4, -0.2) is 60.6 Å². The molecule has 0 fully saturated rings. The SMILES string of the molecule is CC[N+](CC)(CC)CC(O)CS(=O)(=O)[O-]. The molecule has 0 aliphatic carbocycles. The van der Waals surface area contributed by atoms with Gasteiger partial charge < -0.3 is 14.1 Å². The third-order valence-corrected chi connectivity index (χ3v) is 3.80. The minimum absolute atomic E-state index is 0.324. The van der Waals surface area contributed by atoms with Gasteiger partial charge in [0.1, 0.15) is 12.6 Å². The Bertz CT molecular complexity index is 264. The van der Waals surface area contributed by atoms with Gasteiger partial charge in [-0.15, -0.1) is 0 Å². The molecule has 0 rings (SSSR count). The zero-order valence-corrected chi connectivity index (χ0v) is 10.5. The van der Waals surface area contributed by atoms with Crippen molar-refractivity contribution in [1.82, 2.24) is 0 Å². The first-order valence-corrected chi connectivity index (χ1v) is 6.83. The van der Waals surface area contributed by atoms with Crippen molar-refractivity contribution >= 4 is 10.1 Å². The van der Waals surface area contributed by atoms with E-state index in [1.165, 1.54) is 0 Å². The Morgan fingerprint density at radius 2 is 1.60 bits per heavy atom. The van der Waals surface area contributed by atoms with Crippen molar-refractivity contribution in [2.24, 2.45) is 0 Å². The van der Waals surface area contributed by atoms with Gasteiger partial charge in [0, 0.05) is 0 Å². The first-order chi connectivity index (χ1) is 6.78. The number of nitrogens with zero attached hydrogens (tertiary/aromatic N) is 1. The molecule has 0 saturated heterocycles. The highest BCUT2D eigenvalue weighted by Crippen LogP contribution is 2.08. The molecule has 0 saturated carbocycles. The number of quaternary nitrogens is 1. The molecule has 92 valence electrons. The first kappa shape index (κ1) is 14.8. The highest BCUT2D eigenvalue weighted by molar-refractivity contribution is 7.85. The lowest BCUT2D eigenvalue weighted by atomic mass is 10.2. The lowest BCUT2D eigenvalue weighted by Gasteiger charge is -2.37. The van der Waals surface area contributed by atoms with E-state index >= 15 is 0 Å². The van der Waals surface area contributed by atoms with E-state index in [9.17, 15) is 18.1 Å². The van der Waals surface area contributed by atoms with Gasteiger partial charge in [0.25, 0.3) is 0 Å². The van der Waals surface area contributed by atoms with Crippen LogP contribution in [0.3, 0.4) is 0 Å². The fourth-order valence-electron chi connectivity index (χ4n) is 1.79. The van der Waals surface area contributed by atoms with E-state index in [1.54, 1.807) is 0 Å². The molecule has 6 heteroatoms. The van der Waals surface area contributed by atoms with Crippen LogP contribution in [0.5, 0.6) is 0 Å². The number of rotatable bonds is 7. The summed E-state index contributed by atoms with van der Waals surface area (Å²) in [6.07, 6.45) is -1.06. The van der Waals surface area contributed by atoms with E-state index in [1.807, 2.05) is 20.8 Å². The Labute approximate surface area is 92.1 Å². The number of hydrogen-bond donors (Lipinski definition) is 1. The molecule has 0 spiro atoms. The normalized spacial score (nSPS) is 15.3. The summed E-state index contributed by atoms with van der Waals surface area (Å²) in [7, 11) is -4.33. The van der Waals surface area contributed by atoms with E-state index in [0.717, 1.165) is 19.6 Å². The Hall–Kier alpha value is -0.170. The topological polar surface area (TPSA) is 77.4 Å². The molecule has 0 bridgehead atoms. The summed E-state index contributed by atoms with van der Waals surface area (Å²) in [5, 5.41) is 9.52. The third kappa shape index (κ3) is 5.46. The minimum Gasteiger partial charge on any atom is -0.748 e. The largest absolute Gasteiger partial charge is 0.748 e. The molecule has 1 unspecified atom stereocenters. The molecular weight excluding hydrogens is 218 g/mol. The number of likely N-dealkylation sites (N-methyl/N-ethyl adjacent to an activating group) is 1. The van der Waals surface area contributed by atoms with Crippen molar-refractivity contribution in [3.05, 3.63) is 0 Å². The van der Waals surface area contributed by atoms with Crippen LogP contribution in [0, 0.1) is 0 Å². The fourth-order valence-corrected chi connectivity index (χ4v) is 2.37. The summed E-state index contributed by atoms with van der Waals surface area (Å²) in [6, 6.07) is 0. The molecular formula is C9H21NO4S. The standard InChI is InChI=1S/C9H21NO4S/c1-4-10(5-2,6-3)7-9(11)8-15(12,13)14/h9,11H,4-8H2,1-3H3. The van der Waals surface area contributed by atoms with E-state index < -0.39 is 22.0 Å². The highest BCUT2D eigenvalue weighted by atomic mass is 32.2. The van der Waals surface area contributed by atoms with Crippen LogP contribution in [0.15, 0.2) is 0 Å². The summed E-state index contributed by atoms with van der Waals surface area (Å²) < 4.78 is 32.0. The third-order valence-electron chi connectivity index (χ3n) is 3.01. The molecule has 0 heterocycles. The van der Waals surface area contributed by atoms with Gasteiger partial charge in [0.05, 0.1) is 35.5 Å². The van der Waals surface area contributed by atoms with Gasteiger partial charge in [-0.2, -0.15) is 0 Å². The van der Waals surface area contributed by atoms with Gasteiger partial charge >= 0.3 is 0 Å². The van der Waals surface area contributed by atoms with Gasteiger partial charge in [-0.1, -0.05) is 0 Å². The van der Waals surface area contributed by atoms with Gasteiger partial charge in [0.15, 0.2) is 0 Å². The second kappa shape index (κ2) is 5.79. The summed E-state index contributed by atoms with van der Waals surface area (Å²) in [5.41, 5.74) is 0. The second-order valence-corrected chi connectivity index (χ2v) is 5.30. The molecule has 5 nitrogen and oxygen atoms in total. The zero-order chi connectivity index (χ0) is 12.1. The van der Waals surface area contributed by atoms with Gasteiger partial charge in [-0.05, 0) is 20.8 Å².